The predicted molar refractivity (Wildman–Crippen MR) is 188 cm³/mol. The summed E-state index contributed by atoms with van der Waals surface area (Å²) in [5.74, 6) is 0. The highest BCUT2D eigenvalue weighted by molar-refractivity contribution is 7.80. The van der Waals surface area contributed by atoms with Gasteiger partial charge in [0.25, 0.3) is 0 Å². The van der Waals surface area contributed by atoms with Crippen LogP contribution >= 0.6 is 24.4 Å². The maximum Gasteiger partial charge on any atom is 0.0889 e. The number of nitrogens with zero attached hydrogens (tertiary/aromatic N) is 2. The van der Waals surface area contributed by atoms with E-state index in [0.717, 1.165) is 35.9 Å². The van der Waals surface area contributed by atoms with Crippen molar-refractivity contribution in [1.82, 2.24) is 9.80 Å². The van der Waals surface area contributed by atoms with Crippen molar-refractivity contribution in [3.63, 3.8) is 0 Å². The minimum Gasteiger partial charge on any atom is -0.389 e. The molecule has 0 aliphatic rings. The van der Waals surface area contributed by atoms with E-state index in [9.17, 15) is 5.11 Å². The lowest BCUT2D eigenvalue weighted by Crippen LogP contribution is -2.43. The first-order chi connectivity index (χ1) is 19.4. The highest BCUT2D eigenvalue weighted by Gasteiger charge is 2.16. The van der Waals surface area contributed by atoms with Crippen molar-refractivity contribution in [2.75, 3.05) is 26.2 Å². The van der Waals surface area contributed by atoms with Crippen LogP contribution in [0.25, 0.3) is 0 Å². The molecule has 0 heterocycles. The standard InChI is InChI=1S/C35H70N2OS2/c1-5-7-9-11-13-15-17-19-21-23-25-27-29-36(33(3)39)31-35(38)32-37(34(4)40)30-28-26-24-22-20-18-16-14-12-10-8-6-2/h35,38H,5-32H2,1-4H3. The van der Waals surface area contributed by atoms with Crippen LogP contribution < -0.4 is 0 Å². The highest BCUT2D eigenvalue weighted by atomic mass is 32.1. The molecule has 0 aliphatic carbocycles. The number of hydrogen-bond donors (Lipinski definition) is 1. The van der Waals surface area contributed by atoms with Crippen LogP contribution in [0.3, 0.4) is 0 Å². The van der Waals surface area contributed by atoms with E-state index in [4.69, 9.17) is 24.4 Å². The molecule has 0 fully saturated rings. The Kier molecular flexibility index (Phi) is 30.0. The molecule has 0 radical (unpaired) electrons. The van der Waals surface area contributed by atoms with Crippen LogP contribution in [0.4, 0.5) is 0 Å². The van der Waals surface area contributed by atoms with Gasteiger partial charge in [-0.2, -0.15) is 0 Å². The van der Waals surface area contributed by atoms with E-state index < -0.39 is 6.10 Å². The molecular weight excluding hydrogens is 529 g/mol. The molecule has 0 aromatic rings. The quantitative estimate of drug-likeness (QED) is 0.0655. The third kappa shape index (κ3) is 26.6. The van der Waals surface area contributed by atoms with Gasteiger partial charge in [-0.3, -0.25) is 0 Å². The first kappa shape index (κ1) is 39.7. The van der Waals surface area contributed by atoms with E-state index in [1.165, 1.54) is 141 Å². The molecule has 1 N–H and O–H groups in total. The molecule has 0 saturated carbocycles. The number of aliphatic hydroxyl groups is 1. The zero-order valence-electron chi connectivity index (χ0n) is 27.5. The highest BCUT2D eigenvalue weighted by Crippen LogP contribution is 2.14. The molecule has 0 aromatic heterocycles. The molecule has 0 amide bonds. The first-order valence-electron chi connectivity index (χ1n) is 17.6. The van der Waals surface area contributed by atoms with Crippen molar-refractivity contribution in [2.45, 2.75) is 188 Å². The van der Waals surface area contributed by atoms with Crippen molar-refractivity contribution in [3.05, 3.63) is 0 Å². The van der Waals surface area contributed by atoms with Crippen LogP contribution in [0.2, 0.25) is 0 Å². The molecule has 238 valence electrons. The molecule has 3 nitrogen and oxygen atoms in total. The van der Waals surface area contributed by atoms with Gasteiger partial charge in [-0.05, 0) is 26.7 Å². The fraction of sp³-hybridized carbons (Fsp3) is 0.943. The van der Waals surface area contributed by atoms with Gasteiger partial charge in [-0.25, -0.2) is 0 Å². The van der Waals surface area contributed by atoms with Gasteiger partial charge >= 0.3 is 0 Å². The van der Waals surface area contributed by atoms with E-state index in [2.05, 4.69) is 23.6 Å². The van der Waals surface area contributed by atoms with Crippen molar-refractivity contribution < 1.29 is 5.11 Å². The van der Waals surface area contributed by atoms with Gasteiger partial charge in [-0.15, -0.1) is 0 Å². The normalized spacial score (nSPS) is 11.3. The average Bonchev–Trinajstić information content (AvgIpc) is 2.92. The summed E-state index contributed by atoms with van der Waals surface area (Å²) < 4.78 is 0. The third-order valence-corrected chi connectivity index (χ3v) is 8.83. The molecule has 0 rings (SSSR count). The SMILES string of the molecule is CCCCCCCCCCCCCCN(CC(O)CN(CCCCCCCCCCCCCC)C(C)=S)C(C)=S. The molecule has 5 heteroatoms. The number of unbranched alkanes of at least 4 members (excludes halogenated alkanes) is 22. The molecule has 0 saturated heterocycles. The Morgan fingerprint density at radius 1 is 0.450 bits per heavy atom. The van der Waals surface area contributed by atoms with Crippen molar-refractivity contribution in [2.24, 2.45) is 0 Å². The maximum atomic E-state index is 10.9. The van der Waals surface area contributed by atoms with Crippen LogP contribution in [0.5, 0.6) is 0 Å². The summed E-state index contributed by atoms with van der Waals surface area (Å²) in [6.45, 7) is 11.7. The van der Waals surface area contributed by atoms with Gasteiger partial charge in [0.15, 0.2) is 0 Å². The summed E-state index contributed by atoms with van der Waals surface area (Å²) in [5.41, 5.74) is 0. The topological polar surface area (TPSA) is 26.7 Å². The maximum absolute atomic E-state index is 10.9. The van der Waals surface area contributed by atoms with Gasteiger partial charge in [-0.1, -0.05) is 180 Å². The average molecular weight is 599 g/mol. The minimum absolute atomic E-state index is 0.426. The lowest BCUT2D eigenvalue weighted by molar-refractivity contribution is 0.116. The smallest absolute Gasteiger partial charge is 0.0889 e. The Bertz CT molecular complexity index is 524. The molecular formula is C35H70N2OS2. The fourth-order valence-corrected chi connectivity index (χ4v) is 5.94. The second-order valence-electron chi connectivity index (χ2n) is 12.4. The minimum atomic E-state index is -0.426. The van der Waals surface area contributed by atoms with Gasteiger partial charge < -0.3 is 14.9 Å². The van der Waals surface area contributed by atoms with Gasteiger partial charge in [0, 0.05) is 26.2 Å². The number of rotatable bonds is 30. The molecule has 0 spiro atoms. The summed E-state index contributed by atoms with van der Waals surface area (Å²) in [7, 11) is 0. The lowest BCUT2D eigenvalue weighted by atomic mass is 10.1. The predicted octanol–water partition coefficient (Wildman–Crippen LogP) is 11.0. The van der Waals surface area contributed by atoms with E-state index in [-0.39, 0.29) is 0 Å². The molecule has 0 aliphatic heterocycles. The van der Waals surface area contributed by atoms with Crippen LogP contribution in [-0.2, 0) is 0 Å². The van der Waals surface area contributed by atoms with E-state index in [1.54, 1.807) is 0 Å². The van der Waals surface area contributed by atoms with Gasteiger partial charge in [0.05, 0.1) is 16.1 Å². The summed E-state index contributed by atoms with van der Waals surface area (Å²) in [6, 6.07) is 0. The fourth-order valence-electron chi connectivity index (χ4n) is 5.61. The third-order valence-electron chi connectivity index (χ3n) is 8.32. The van der Waals surface area contributed by atoms with E-state index in [1.807, 2.05) is 13.8 Å². The zero-order valence-corrected chi connectivity index (χ0v) is 29.2. The van der Waals surface area contributed by atoms with Gasteiger partial charge in [0.2, 0.25) is 0 Å². The Labute approximate surface area is 262 Å². The number of hydrogen-bond acceptors (Lipinski definition) is 3. The molecule has 0 unspecified atom stereocenters. The Morgan fingerprint density at radius 2 is 0.675 bits per heavy atom. The van der Waals surface area contributed by atoms with Gasteiger partial charge in [0.1, 0.15) is 0 Å². The second-order valence-corrected chi connectivity index (χ2v) is 13.5. The van der Waals surface area contributed by atoms with Crippen molar-refractivity contribution >= 4 is 34.4 Å². The number of aliphatic hydroxyl groups excluding tert-OH is 1. The molecule has 40 heavy (non-hydrogen) atoms. The molecule has 0 bridgehead atoms. The van der Waals surface area contributed by atoms with Crippen molar-refractivity contribution in [3.8, 4) is 0 Å². The van der Waals surface area contributed by atoms with Crippen molar-refractivity contribution in [1.29, 1.82) is 0 Å². The number of thiocarbonyl (C=S) groups is 2. The van der Waals surface area contributed by atoms with E-state index >= 15 is 0 Å². The van der Waals surface area contributed by atoms with E-state index in [0.29, 0.717) is 13.1 Å². The lowest BCUT2D eigenvalue weighted by Gasteiger charge is -2.30. The Balaban J connectivity index is 3.95. The van der Waals surface area contributed by atoms with Crippen LogP contribution in [0.15, 0.2) is 0 Å². The Hall–Kier alpha value is -0.260. The summed E-state index contributed by atoms with van der Waals surface area (Å²) in [5, 5.41) is 10.9. The second kappa shape index (κ2) is 30.2. The van der Waals surface area contributed by atoms with Crippen LogP contribution in [0.1, 0.15) is 182 Å². The zero-order chi connectivity index (χ0) is 29.7. The Morgan fingerprint density at radius 3 is 0.900 bits per heavy atom. The summed E-state index contributed by atoms with van der Waals surface area (Å²) in [4.78, 5) is 6.20. The molecule has 0 atom stereocenters. The summed E-state index contributed by atoms with van der Waals surface area (Å²) in [6.07, 6.45) is 32.2. The van der Waals surface area contributed by atoms with Crippen LogP contribution in [0, 0.1) is 0 Å². The summed E-state index contributed by atoms with van der Waals surface area (Å²) >= 11 is 11.0. The molecule has 0 aromatic carbocycles. The van der Waals surface area contributed by atoms with Crippen LogP contribution in [-0.4, -0.2) is 57.2 Å². The largest absolute Gasteiger partial charge is 0.389 e. The monoisotopic (exact) mass is 598 g/mol. The first-order valence-corrected chi connectivity index (χ1v) is 18.4.